The maximum atomic E-state index is 12.9. The molecule has 1 N–H and O–H groups in total. The van der Waals surface area contributed by atoms with Gasteiger partial charge in [0.2, 0.25) is 0 Å². The molecule has 0 aliphatic heterocycles. The Kier molecular flexibility index (Phi) is 5.38. The van der Waals surface area contributed by atoms with E-state index in [0.29, 0.717) is 6.42 Å². The van der Waals surface area contributed by atoms with E-state index in [1.165, 1.54) is 12.1 Å². The minimum absolute atomic E-state index is 0.231. The number of hydrogen-bond donors (Lipinski definition) is 1. The summed E-state index contributed by atoms with van der Waals surface area (Å²) in [5.74, 6) is 0.541. The Morgan fingerprint density at radius 3 is 2.38 bits per heavy atom. The molecule has 0 aliphatic carbocycles. The van der Waals surface area contributed by atoms with Crippen molar-refractivity contribution in [2.24, 2.45) is 0 Å². The lowest BCUT2D eigenvalue weighted by Gasteiger charge is -2.26. The zero-order valence-electron chi connectivity index (χ0n) is 11.8. The van der Waals surface area contributed by atoms with Crippen molar-refractivity contribution < 1.29 is 4.39 Å². The second kappa shape index (κ2) is 7.26. The predicted molar refractivity (Wildman–Crippen MR) is 84.5 cm³/mol. The van der Waals surface area contributed by atoms with Crippen molar-refractivity contribution >= 4 is 11.8 Å². The zero-order valence-corrected chi connectivity index (χ0v) is 12.7. The quantitative estimate of drug-likeness (QED) is 0.821. The van der Waals surface area contributed by atoms with E-state index in [4.69, 9.17) is 0 Å². The van der Waals surface area contributed by atoms with Crippen molar-refractivity contribution in [3.05, 3.63) is 66.0 Å². The molecule has 0 saturated heterocycles. The summed E-state index contributed by atoms with van der Waals surface area (Å²) in [6, 6.07) is 18.6. The molecule has 4 heteroatoms. The van der Waals surface area contributed by atoms with Crippen LogP contribution in [0.3, 0.4) is 0 Å². The molecule has 2 rings (SSSR count). The standard InChI is InChI=1S/C17H17FN2S/c1-20-17(13-19,14-5-3-2-4-6-14)11-12-21-16-9-7-15(18)8-10-16/h2-10,20H,11-12H2,1H3. The van der Waals surface area contributed by atoms with Crippen LogP contribution in [0, 0.1) is 17.1 Å². The summed E-state index contributed by atoms with van der Waals surface area (Å²) in [6.45, 7) is 0. The molecule has 0 aromatic heterocycles. The van der Waals surface area contributed by atoms with Crippen LogP contribution in [-0.2, 0) is 5.54 Å². The van der Waals surface area contributed by atoms with Crippen LogP contribution < -0.4 is 5.32 Å². The predicted octanol–water partition coefficient (Wildman–Crippen LogP) is 3.95. The maximum Gasteiger partial charge on any atom is 0.132 e. The van der Waals surface area contributed by atoms with Gasteiger partial charge in [0, 0.05) is 10.6 Å². The lowest BCUT2D eigenvalue weighted by atomic mass is 9.89. The van der Waals surface area contributed by atoms with Gasteiger partial charge in [-0.25, -0.2) is 4.39 Å². The molecule has 0 saturated carbocycles. The van der Waals surface area contributed by atoms with Crippen molar-refractivity contribution in [3.8, 4) is 6.07 Å². The Bertz CT molecular complexity index is 607. The first kappa shape index (κ1) is 15.6. The summed E-state index contributed by atoms with van der Waals surface area (Å²) in [5, 5.41) is 12.7. The molecule has 2 aromatic rings. The van der Waals surface area contributed by atoms with Crippen LogP contribution in [0.2, 0.25) is 0 Å². The molecule has 0 amide bonds. The highest BCUT2D eigenvalue weighted by Crippen LogP contribution is 2.28. The van der Waals surface area contributed by atoms with Gasteiger partial charge in [0.25, 0.3) is 0 Å². The van der Waals surface area contributed by atoms with Crippen molar-refractivity contribution in [2.75, 3.05) is 12.8 Å². The van der Waals surface area contributed by atoms with E-state index in [-0.39, 0.29) is 5.82 Å². The molecule has 0 fully saturated rings. The van der Waals surface area contributed by atoms with Crippen molar-refractivity contribution in [1.82, 2.24) is 5.32 Å². The number of nitrogens with zero attached hydrogens (tertiary/aromatic N) is 1. The smallest absolute Gasteiger partial charge is 0.132 e. The summed E-state index contributed by atoms with van der Waals surface area (Å²) < 4.78 is 12.9. The molecule has 0 aliphatic rings. The van der Waals surface area contributed by atoms with Crippen LogP contribution >= 0.6 is 11.8 Å². The van der Waals surface area contributed by atoms with Gasteiger partial charge in [0.15, 0.2) is 0 Å². The van der Waals surface area contributed by atoms with Crippen molar-refractivity contribution in [3.63, 3.8) is 0 Å². The summed E-state index contributed by atoms with van der Waals surface area (Å²) >= 11 is 1.62. The topological polar surface area (TPSA) is 35.8 Å². The van der Waals surface area contributed by atoms with Crippen LogP contribution in [0.1, 0.15) is 12.0 Å². The number of hydrogen-bond acceptors (Lipinski definition) is 3. The highest BCUT2D eigenvalue weighted by Gasteiger charge is 2.29. The van der Waals surface area contributed by atoms with Gasteiger partial charge in [0.1, 0.15) is 11.4 Å². The van der Waals surface area contributed by atoms with E-state index in [0.717, 1.165) is 16.2 Å². The van der Waals surface area contributed by atoms with Gasteiger partial charge in [-0.3, -0.25) is 5.32 Å². The molecule has 0 heterocycles. The SMILES string of the molecule is CNC(C#N)(CCSc1ccc(F)cc1)c1ccccc1. The van der Waals surface area contributed by atoms with E-state index in [1.54, 1.807) is 30.9 Å². The fraction of sp³-hybridized carbons (Fsp3) is 0.235. The second-order valence-corrected chi connectivity index (χ2v) is 5.85. The molecule has 2 nitrogen and oxygen atoms in total. The molecule has 0 bridgehead atoms. The molecule has 108 valence electrons. The Morgan fingerprint density at radius 2 is 1.81 bits per heavy atom. The van der Waals surface area contributed by atoms with Gasteiger partial charge in [-0.2, -0.15) is 5.26 Å². The number of thioether (sulfide) groups is 1. The number of benzene rings is 2. The average Bonchev–Trinajstić information content (AvgIpc) is 2.55. The third-order valence-corrected chi connectivity index (χ3v) is 4.46. The van der Waals surface area contributed by atoms with E-state index in [1.807, 2.05) is 30.3 Å². The lowest BCUT2D eigenvalue weighted by molar-refractivity contribution is 0.457. The van der Waals surface area contributed by atoms with E-state index in [2.05, 4.69) is 11.4 Å². The monoisotopic (exact) mass is 300 g/mol. The van der Waals surface area contributed by atoms with Crippen molar-refractivity contribution in [1.29, 1.82) is 5.26 Å². The van der Waals surface area contributed by atoms with E-state index < -0.39 is 5.54 Å². The first-order valence-corrected chi connectivity index (χ1v) is 7.73. The van der Waals surface area contributed by atoms with Crippen LogP contribution in [-0.4, -0.2) is 12.8 Å². The third-order valence-electron chi connectivity index (χ3n) is 3.44. The van der Waals surface area contributed by atoms with Gasteiger partial charge < -0.3 is 0 Å². The summed E-state index contributed by atoms with van der Waals surface area (Å²) in [4.78, 5) is 1.01. The first-order valence-electron chi connectivity index (χ1n) is 6.74. The van der Waals surface area contributed by atoms with Crippen LogP contribution in [0.15, 0.2) is 59.5 Å². The molecule has 21 heavy (non-hydrogen) atoms. The highest BCUT2D eigenvalue weighted by atomic mass is 32.2. The summed E-state index contributed by atoms with van der Waals surface area (Å²) in [6.07, 6.45) is 0.673. The van der Waals surface area contributed by atoms with Crippen LogP contribution in [0.25, 0.3) is 0 Å². The molecule has 2 aromatic carbocycles. The van der Waals surface area contributed by atoms with Crippen LogP contribution in [0.4, 0.5) is 4.39 Å². The Balaban J connectivity index is 2.04. The highest BCUT2D eigenvalue weighted by molar-refractivity contribution is 7.99. The Labute approximate surface area is 129 Å². The second-order valence-electron chi connectivity index (χ2n) is 4.69. The molecule has 1 unspecified atom stereocenters. The van der Waals surface area contributed by atoms with Gasteiger partial charge >= 0.3 is 0 Å². The first-order chi connectivity index (χ1) is 10.2. The van der Waals surface area contributed by atoms with E-state index in [9.17, 15) is 9.65 Å². The summed E-state index contributed by atoms with van der Waals surface area (Å²) in [5.41, 5.74) is 0.281. The molecule has 1 atom stereocenters. The maximum absolute atomic E-state index is 12.9. The number of rotatable bonds is 6. The number of halogens is 1. The van der Waals surface area contributed by atoms with Crippen LogP contribution in [0.5, 0.6) is 0 Å². The summed E-state index contributed by atoms with van der Waals surface area (Å²) in [7, 11) is 1.80. The van der Waals surface area contributed by atoms with Gasteiger partial charge in [-0.15, -0.1) is 11.8 Å². The number of nitriles is 1. The molecular formula is C17H17FN2S. The van der Waals surface area contributed by atoms with Gasteiger partial charge in [-0.05, 0) is 43.3 Å². The zero-order chi connectivity index (χ0) is 15.1. The molecule has 0 radical (unpaired) electrons. The van der Waals surface area contributed by atoms with Gasteiger partial charge in [0.05, 0.1) is 6.07 Å². The fourth-order valence-corrected chi connectivity index (χ4v) is 3.14. The minimum atomic E-state index is -0.686. The minimum Gasteiger partial charge on any atom is -0.299 e. The largest absolute Gasteiger partial charge is 0.299 e. The van der Waals surface area contributed by atoms with Gasteiger partial charge in [-0.1, -0.05) is 30.3 Å². The normalized spacial score (nSPS) is 13.4. The fourth-order valence-electron chi connectivity index (χ4n) is 2.17. The van der Waals surface area contributed by atoms with E-state index >= 15 is 0 Å². The average molecular weight is 300 g/mol. The Morgan fingerprint density at radius 1 is 1.14 bits per heavy atom. The Hall–Kier alpha value is -1.83. The third kappa shape index (κ3) is 3.84. The number of nitrogens with one attached hydrogen (secondary N) is 1. The lowest BCUT2D eigenvalue weighted by Crippen LogP contribution is -2.39. The molecular weight excluding hydrogens is 283 g/mol. The van der Waals surface area contributed by atoms with Crippen molar-refractivity contribution in [2.45, 2.75) is 16.9 Å². The molecule has 0 spiro atoms.